The van der Waals surface area contributed by atoms with Crippen LogP contribution < -0.4 is 5.32 Å². The molecule has 0 spiro atoms. The number of piperidine rings is 1. The lowest BCUT2D eigenvalue weighted by Crippen LogP contribution is -2.34. The molecular weight excluding hydrogens is 496 g/mol. The van der Waals surface area contributed by atoms with Crippen LogP contribution in [0.2, 0.25) is 0 Å². The van der Waals surface area contributed by atoms with Crippen LogP contribution in [0.15, 0.2) is 78.9 Å². The molecule has 5 nitrogen and oxygen atoms in total. The van der Waals surface area contributed by atoms with Gasteiger partial charge >= 0.3 is 5.97 Å². The zero-order chi connectivity index (χ0) is 27.9. The van der Waals surface area contributed by atoms with Gasteiger partial charge in [-0.15, -0.1) is 0 Å². The second-order valence-corrected chi connectivity index (χ2v) is 11.1. The molecule has 0 bridgehead atoms. The van der Waals surface area contributed by atoms with Gasteiger partial charge in [-0.2, -0.15) is 0 Å². The van der Waals surface area contributed by atoms with Gasteiger partial charge in [-0.1, -0.05) is 66.7 Å². The summed E-state index contributed by atoms with van der Waals surface area (Å²) in [4.78, 5) is 25.7. The summed E-state index contributed by atoms with van der Waals surface area (Å²) in [5.74, 6) is 0.279. The van der Waals surface area contributed by atoms with Gasteiger partial charge in [0.25, 0.3) is 0 Å². The molecule has 1 aliphatic heterocycles. The van der Waals surface area contributed by atoms with Crippen LogP contribution in [0.1, 0.15) is 80.5 Å². The number of allylic oxidation sites excluding steroid dienone is 1. The molecule has 1 saturated carbocycles. The molecule has 2 aliphatic rings. The summed E-state index contributed by atoms with van der Waals surface area (Å²) in [7, 11) is 0. The maximum Gasteiger partial charge on any atom is 0.302 e. The molecule has 5 rings (SSSR count). The smallest absolute Gasteiger partial charge is 0.302 e. The van der Waals surface area contributed by atoms with Crippen LogP contribution in [0, 0.1) is 0 Å². The molecule has 1 heterocycles. The van der Waals surface area contributed by atoms with Crippen molar-refractivity contribution in [2.24, 2.45) is 0 Å². The van der Waals surface area contributed by atoms with E-state index in [4.69, 9.17) is 4.74 Å². The van der Waals surface area contributed by atoms with E-state index in [1.807, 2.05) is 18.2 Å². The van der Waals surface area contributed by atoms with Crippen molar-refractivity contribution in [2.45, 2.75) is 64.3 Å². The third-order valence-electron chi connectivity index (χ3n) is 8.06. The Labute approximate surface area is 238 Å². The minimum atomic E-state index is -0.252. The number of benzene rings is 3. The number of carbonyl (C=O) groups excluding carboxylic acids is 2. The van der Waals surface area contributed by atoms with E-state index in [0.717, 1.165) is 41.3 Å². The zero-order valence-electron chi connectivity index (χ0n) is 23.7. The predicted octanol–water partition coefficient (Wildman–Crippen LogP) is 7.29. The van der Waals surface area contributed by atoms with Crippen LogP contribution in [-0.4, -0.2) is 42.5 Å². The van der Waals surface area contributed by atoms with Crippen molar-refractivity contribution in [3.8, 4) is 0 Å². The highest BCUT2D eigenvalue weighted by atomic mass is 16.5. The van der Waals surface area contributed by atoms with Crippen LogP contribution in [0.4, 0.5) is 5.69 Å². The van der Waals surface area contributed by atoms with Crippen molar-refractivity contribution in [2.75, 3.05) is 25.0 Å². The normalized spacial score (nSPS) is 16.8. The van der Waals surface area contributed by atoms with Gasteiger partial charge in [-0.3, -0.25) is 9.59 Å². The van der Waals surface area contributed by atoms with Crippen molar-refractivity contribution in [3.05, 3.63) is 101 Å². The molecule has 1 amide bonds. The average Bonchev–Trinajstić information content (AvgIpc) is 3.82. The van der Waals surface area contributed by atoms with Crippen LogP contribution in [0.3, 0.4) is 0 Å². The molecule has 1 N–H and O–H groups in total. The molecule has 1 saturated heterocycles. The number of nitrogens with one attached hydrogen (secondary N) is 1. The number of carbonyl (C=O) groups is 2. The molecule has 208 valence electrons. The first-order valence-corrected chi connectivity index (χ1v) is 14.6. The Morgan fingerprint density at radius 1 is 0.800 bits per heavy atom. The van der Waals surface area contributed by atoms with E-state index < -0.39 is 0 Å². The van der Waals surface area contributed by atoms with E-state index in [2.05, 4.69) is 70.9 Å². The van der Waals surface area contributed by atoms with Crippen molar-refractivity contribution in [3.63, 3.8) is 0 Å². The third kappa shape index (κ3) is 7.28. The first-order valence-electron chi connectivity index (χ1n) is 14.6. The van der Waals surface area contributed by atoms with Crippen LogP contribution in [0.25, 0.3) is 11.1 Å². The van der Waals surface area contributed by atoms with Crippen molar-refractivity contribution in [1.82, 2.24) is 4.90 Å². The second kappa shape index (κ2) is 13.1. The zero-order valence-corrected chi connectivity index (χ0v) is 23.7. The van der Waals surface area contributed by atoms with Gasteiger partial charge in [0.2, 0.25) is 5.91 Å². The number of likely N-dealkylation sites (tertiary alicyclic amines) is 1. The lowest BCUT2D eigenvalue weighted by molar-refractivity contribution is -0.141. The molecule has 2 fully saturated rings. The molecule has 1 aliphatic carbocycles. The van der Waals surface area contributed by atoms with E-state index in [-0.39, 0.29) is 11.9 Å². The summed E-state index contributed by atoms with van der Waals surface area (Å²) in [5, 5.41) is 2.87. The summed E-state index contributed by atoms with van der Waals surface area (Å²) < 4.78 is 5.28. The minimum absolute atomic E-state index is 0.0856. The fraction of sp³-hybridized carbons (Fsp3) is 0.371. The van der Waals surface area contributed by atoms with E-state index >= 15 is 0 Å². The second-order valence-electron chi connectivity index (χ2n) is 11.1. The molecule has 0 unspecified atom stereocenters. The molecule has 40 heavy (non-hydrogen) atoms. The molecule has 3 aromatic rings. The van der Waals surface area contributed by atoms with Gasteiger partial charge in [0.05, 0.1) is 6.61 Å². The van der Waals surface area contributed by atoms with Crippen molar-refractivity contribution in [1.29, 1.82) is 0 Å². The van der Waals surface area contributed by atoms with Gasteiger partial charge in [-0.25, -0.2) is 0 Å². The van der Waals surface area contributed by atoms with Gasteiger partial charge in [0.15, 0.2) is 0 Å². The monoisotopic (exact) mass is 536 g/mol. The summed E-state index contributed by atoms with van der Waals surface area (Å²) in [6.45, 7) is 5.78. The number of anilines is 1. The number of hydrogen-bond donors (Lipinski definition) is 1. The van der Waals surface area contributed by atoms with Crippen LogP contribution in [0.5, 0.6) is 0 Å². The quantitative estimate of drug-likeness (QED) is 0.168. The van der Waals surface area contributed by atoms with Crippen molar-refractivity contribution >= 4 is 28.7 Å². The number of nitrogens with zero attached hydrogens (tertiary/aromatic N) is 1. The molecule has 0 radical (unpaired) electrons. The first kappa shape index (κ1) is 27.9. The van der Waals surface area contributed by atoms with Crippen LogP contribution in [-0.2, 0) is 14.3 Å². The summed E-state index contributed by atoms with van der Waals surface area (Å²) in [6, 6.07) is 28.6. The Kier molecular flexibility index (Phi) is 9.12. The highest BCUT2D eigenvalue weighted by Crippen LogP contribution is 2.38. The van der Waals surface area contributed by atoms with E-state index in [1.165, 1.54) is 69.3 Å². The van der Waals surface area contributed by atoms with Crippen molar-refractivity contribution < 1.29 is 14.3 Å². The topological polar surface area (TPSA) is 58.6 Å². The Morgan fingerprint density at radius 3 is 2.00 bits per heavy atom. The summed E-state index contributed by atoms with van der Waals surface area (Å²) >= 11 is 0. The molecule has 0 atom stereocenters. The van der Waals surface area contributed by atoms with Gasteiger partial charge in [0, 0.05) is 25.6 Å². The Balaban J connectivity index is 1.49. The first-order chi connectivity index (χ1) is 19.5. The number of rotatable bonds is 10. The third-order valence-corrected chi connectivity index (χ3v) is 8.06. The van der Waals surface area contributed by atoms with E-state index in [1.54, 1.807) is 0 Å². The highest BCUT2D eigenvalue weighted by molar-refractivity contribution is 5.99. The lowest BCUT2D eigenvalue weighted by atomic mass is 9.85. The van der Waals surface area contributed by atoms with E-state index in [0.29, 0.717) is 12.5 Å². The van der Waals surface area contributed by atoms with E-state index in [9.17, 15) is 9.59 Å². The Hall–Kier alpha value is -3.70. The lowest BCUT2D eigenvalue weighted by Gasteiger charge is -2.32. The van der Waals surface area contributed by atoms with Gasteiger partial charge in [0.1, 0.15) is 0 Å². The fourth-order valence-corrected chi connectivity index (χ4v) is 5.92. The average molecular weight is 537 g/mol. The van der Waals surface area contributed by atoms with Crippen LogP contribution >= 0.6 is 0 Å². The van der Waals surface area contributed by atoms with Gasteiger partial charge < -0.3 is 15.0 Å². The number of amides is 1. The number of ether oxygens (including phenoxy) is 1. The summed E-state index contributed by atoms with van der Waals surface area (Å²) in [5.41, 5.74) is 7.99. The standard InChI is InChI=1S/C35H40N2O3/c1-25(38)36-32-16-14-31(15-17-32)35(34(9-6-24-40-26(2)39)29-7-4-3-5-8-29)30-12-10-27(11-13-30)28-20-22-37(23-21-28)33-18-19-33/h3-5,7-8,10-17,28,33H,6,9,18-24H2,1-2H3,(H,36,38). The molecule has 5 heteroatoms. The SMILES string of the molecule is CC(=O)Nc1ccc(C(=C(CCCOC(C)=O)c2ccccc2)c2ccc(C3CCN(C4CC4)CC3)cc2)cc1. The number of esters is 1. The Morgan fingerprint density at radius 2 is 1.43 bits per heavy atom. The largest absolute Gasteiger partial charge is 0.466 e. The Bertz CT molecular complexity index is 1320. The minimum Gasteiger partial charge on any atom is -0.466 e. The van der Waals surface area contributed by atoms with Gasteiger partial charge in [-0.05, 0) is 103 Å². The molecular formula is C35H40N2O3. The highest BCUT2D eigenvalue weighted by Gasteiger charge is 2.32. The molecule has 0 aromatic heterocycles. The fourth-order valence-electron chi connectivity index (χ4n) is 5.92. The maximum atomic E-state index is 11.6. The number of hydrogen-bond acceptors (Lipinski definition) is 4. The predicted molar refractivity (Wildman–Crippen MR) is 162 cm³/mol. The maximum absolute atomic E-state index is 11.6. The summed E-state index contributed by atoms with van der Waals surface area (Å²) in [6.07, 6.45) is 6.72. The molecule has 3 aromatic carbocycles.